The van der Waals surface area contributed by atoms with Gasteiger partial charge in [-0.15, -0.1) is 0 Å². The zero-order chi connectivity index (χ0) is 15.1. The summed E-state index contributed by atoms with van der Waals surface area (Å²) in [6, 6.07) is 6.08. The van der Waals surface area contributed by atoms with Gasteiger partial charge in [0.2, 0.25) is 0 Å². The summed E-state index contributed by atoms with van der Waals surface area (Å²) < 4.78 is 14.6. The molecule has 0 saturated carbocycles. The van der Waals surface area contributed by atoms with Crippen LogP contribution in [0.25, 0.3) is 11.0 Å². The molecule has 3 rings (SSSR count). The number of halogens is 1. The number of benzene rings is 1. The van der Waals surface area contributed by atoms with E-state index >= 15 is 0 Å². The number of rotatable bonds is 2. The first-order valence-electron chi connectivity index (χ1n) is 6.57. The van der Waals surface area contributed by atoms with Gasteiger partial charge in [0.25, 0.3) is 0 Å². The molecule has 0 fully saturated rings. The van der Waals surface area contributed by atoms with Crippen molar-refractivity contribution >= 4 is 16.9 Å². The summed E-state index contributed by atoms with van der Waals surface area (Å²) in [5.74, 6) is 0.00792. The van der Waals surface area contributed by atoms with Gasteiger partial charge in [0.05, 0.1) is 12.1 Å². The highest BCUT2D eigenvalue weighted by atomic mass is 19.1. The molecule has 108 valence electrons. The maximum absolute atomic E-state index is 13.0. The Morgan fingerprint density at radius 2 is 1.95 bits per heavy atom. The summed E-state index contributed by atoms with van der Waals surface area (Å²) in [6.45, 7) is 4.10. The Labute approximate surface area is 120 Å². The van der Waals surface area contributed by atoms with Crippen molar-refractivity contribution in [2.75, 3.05) is 5.73 Å². The molecule has 6 heteroatoms. The van der Waals surface area contributed by atoms with E-state index in [4.69, 9.17) is 5.73 Å². The van der Waals surface area contributed by atoms with Crippen molar-refractivity contribution in [3.05, 3.63) is 57.4 Å². The quantitative estimate of drug-likeness (QED) is 0.757. The van der Waals surface area contributed by atoms with E-state index in [1.165, 1.54) is 12.1 Å². The fourth-order valence-corrected chi connectivity index (χ4v) is 2.46. The minimum atomic E-state index is -0.300. The van der Waals surface area contributed by atoms with Crippen LogP contribution in [0.3, 0.4) is 0 Å². The minimum Gasteiger partial charge on any atom is -0.382 e. The van der Waals surface area contributed by atoms with E-state index in [0.29, 0.717) is 17.9 Å². The Morgan fingerprint density at radius 1 is 1.29 bits per heavy atom. The van der Waals surface area contributed by atoms with E-state index in [1.807, 2.05) is 13.8 Å². The molecular weight excluding hydrogens is 271 g/mol. The number of aryl methyl sites for hydroxylation is 2. The maximum atomic E-state index is 13.0. The Morgan fingerprint density at radius 3 is 2.62 bits per heavy atom. The molecule has 3 aromatic rings. The molecule has 21 heavy (non-hydrogen) atoms. The van der Waals surface area contributed by atoms with Gasteiger partial charge in [0.1, 0.15) is 17.2 Å². The van der Waals surface area contributed by atoms with Gasteiger partial charge in [-0.1, -0.05) is 12.1 Å². The van der Waals surface area contributed by atoms with E-state index in [0.717, 1.165) is 22.3 Å². The van der Waals surface area contributed by atoms with Crippen molar-refractivity contribution in [3.8, 4) is 0 Å². The topological polar surface area (TPSA) is 76.7 Å². The van der Waals surface area contributed by atoms with Gasteiger partial charge < -0.3 is 10.7 Å². The molecule has 0 aliphatic rings. The van der Waals surface area contributed by atoms with Gasteiger partial charge in [0.15, 0.2) is 0 Å². The molecular formula is C15H15FN4O. The maximum Gasteiger partial charge on any atom is 0.326 e. The molecule has 0 bridgehead atoms. The molecule has 0 unspecified atom stereocenters. The highest BCUT2D eigenvalue weighted by Gasteiger charge is 2.15. The van der Waals surface area contributed by atoms with Crippen LogP contribution in [0.15, 0.2) is 29.1 Å². The van der Waals surface area contributed by atoms with Crippen LogP contribution < -0.4 is 11.4 Å². The van der Waals surface area contributed by atoms with Gasteiger partial charge in [-0.05, 0) is 37.1 Å². The molecule has 5 nitrogen and oxygen atoms in total. The van der Waals surface area contributed by atoms with Crippen LogP contribution in [-0.2, 0) is 6.54 Å². The molecule has 0 saturated heterocycles. The summed E-state index contributed by atoms with van der Waals surface area (Å²) in [5.41, 5.74) is 9.44. The van der Waals surface area contributed by atoms with E-state index in [1.54, 1.807) is 16.7 Å². The highest BCUT2D eigenvalue weighted by molar-refractivity contribution is 5.88. The van der Waals surface area contributed by atoms with Crippen LogP contribution in [0.1, 0.15) is 16.8 Å². The number of fused-ring (bicyclic) bond motifs is 1. The SMILES string of the molecule is Cc1nc(N)c2[nH]c(=O)n(Cc3ccc(F)cc3)c2c1C. The Kier molecular flexibility index (Phi) is 3.01. The van der Waals surface area contributed by atoms with Crippen LogP contribution >= 0.6 is 0 Å². The second-order valence-electron chi connectivity index (χ2n) is 5.07. The molecule has 1 aromatic carbocycles. The summed E-state index contributed by atoms with van der Waals surface area (Å²) in [5, 5.41) is 0. The average Bonchev–Trinajstić information content (AvgIpc) is 2.77. The fourth-order valence-electron chi connectivity index (χ4n) is 2.46. The third-order valence-electron chi connectivity index (χ3n) is 3.68. The zero-order valence-electron chi connectivity index (χ0n) is 11.8. The number of anilines is 1. The molecule has 0 radical (unpaired) electrons. The molecule has 0 aliphatic carbocycles. The normalized spacial score (nSPS) is 11.2. The lowest BCUT2D eigenvalue weighted by Gasteiger charge is -2.08. The Hall–Kier alpha value is -2.63. The van der Waals surface area contributed by atoms with Crippen LogP contribution in [0.2, 0.25) is 0 Å². The van der Waals surface area contributed by atoms with Crippen LogP contribution in [0.5, 0.6) is 0 Å². The van der Waals surface area contributed by atoms with Crippen molar-refractivity contribution in [2.45, 2.75) is 20.4 Å². The Balaban J connectivity index is 2.20. The summed E-state index contributed by atoms with van der Waals surface area (Å²) in [7, 11) is 0. The van der Waals surface area contributed by atoms with Crippen molar-refractivity contribution in [1.82, 2.24) is 14.5 Å². The summed E-state index contributed by atoms with van der Waals surface area (Å²) >= 11 is 0. The van der Waals surface area contributed by atoms with Gasteiger partial charge >= 0.3 is 5.69 Å². The minimum absolute atomic E-state index is 0.253. The van der Waals surface area contributed by atoms with Gasteiger partial charge in [0, 0.05) is 5.69 Å². The van der Waals surface area contributed by atoms with Crippen LogP contribution in [-0.4, -0.2) is 14.5 Å². The monoisotopic (exact) mass is 286 g/mol. The standard InChI is InChI=1S/C15H15FN4O/c1-8-9(2)18-14(17)12-13(8)20(15(21)19-12)7-10-3-5-11(16)6-4-10/h3-6H,7H2,1-2H3,(H2,17,18)(H,19,21). The van der Waals surface area contributed by atoms with Crippen molar-refractivity contribution in [2.24, 2.45) is 0 Å². The molecule has 0 aliphatic heterocycles. The van der Waals surface area contributed by atoms with Gasteiger partial charge in [-0.2, -0.15) is 0 Å². The third-order valence-corrected chi connectivity index (χ3v) is 3.68. The van der Waals surface area contributed by atoms with E-state index < -0.39 is 0 Å². The molecule has 3 N–H and O–H groups in total. The smallest absolute Gasteiger partial charge is 0.326 e. The fraction of sp³-hybridized carbons (Fsp3) is 0.200. The van der Waals surface area contributed by atoms with Crippen molar-refractivity contribution in [1.29, 1.82) is 0 Å². The summed E-state index contributed by atoms with van der Waals surface area (Å²) in [4.78, 5) is 19.1. The predicted octanol–water partition coefficient (Wildman–Crippen LogP) is 2.11. The number of nitrogens with zero attached hydrogens (tertiary/aromatic N) is 2. The first-order valence-corrected chi connectivity index (χ1v) is 6.57. The number of H-pyrrole nitrogens is 1. The second kappa shape index (κ2) is 4.73. The van der Waals surface area contributed by atoms with Gasteiger partial charge in [-0.3, -0.25) is 4.57 Å². The van der Waals surface area contributed by atoms with Crippen LogP contribution in [0.4, 0.5) is 10.2 Å². The number of hydrogen-bond acceptors (Lipinski definition) is 3. The molecule has 0 amide bonds. The van der Waals surface area contributed by atoms with Crippen molar-refractivity contribution < 1.29 is 4.39 Å². The van der Waals surface area contributed by atoms with Gasteiger partial charge in [-0.25, -0.2) is 14.2 Å². The number of nitrogens with two attached hydrogens (primary N) is 1. The molecule has 0 spiro atoms. The molecule has 0 atom stereocenters. The second-order valence-corrected chi connectivity index (χ2v) is 5.07. The van der Waals surface area contributed by atoms with E-state index in [9.17, 15) is 9.18 Å². The average molecular weight is 286 g/mol. The molecule has 2 heterocycles. The lowest BCUT2D eigenvalue weighted by atomic mass is 10.1. The largest absolute Gasteiger partial charge is 0.382 e. The summed E-state index contributed by atoms with van der Waals surface area (Å²) in [6.07, 6.45) is 0. The van der Waals surface area contributed by atoms with E-state index in [-0.39, 0.29) is 11.5 Å². The number of imidazole rings is 1. The predicted molar refractivity (Wildman–Crippen MR) is 79.7 cm³/mol. The number of aromatic nitrogens is 3. The number of aromatic amines is 1. The number of pyridine rings is 1. The molecule has 2 aromatic heterocycles. The zero-order valence-corrected chi connectivity index (χ0v) is 11.8. The number of hydrogen-bond donors (Lipinski definition) is 2. The van der Waals surface area contributed by atoms with Crippen molar-refractivity contribution in [3.63, 3.8) is 0 Å². The first-order chi connectivity index (χ1) is 9.97. The third kappa shape index (κ3) is 2.18. The number of nitrogen functional groups attached to an aromatic ring is 1. The Bertz CT molecular complexity index is 877. The highest BCUT2D eigenvalue weighted by Crippen LogP contribution is 2.22. The lowest BCUT2D eigenvalue weighted by molar-refractivity contribution is 0.626. The number of nitrogens with one attached hydrogen (secondary N) is 1. The van der Waals surface area contributed by atoms with Crippen LogP contribution in [0, 0.1) is 19.7 Å². The van der Waals surface area contributed by atoms with E-state index in [2.05, 4.69) is 9.97 Å². The first kappa shape index (κ1) is 13.4. The lowest BCUT2D eigenvalue weighted by Crippen LogP contribution is -2.17.